The summed E-state index contributed by atoms with van der Waals surface area (Å²) in [7, 11) is 0. The summed E-state index contributed by atoms with van der Waals surface area (Å²) in [6, 6.07) is 9.98. The Labute approximate surface area is 129 Å². The fraction of sp³-hybridized carbons (Fsp3) is 0.375. The third kappa shape index (κ3) is 4.11. The average Bonchev–Trinajstić information content (AvgIpc) is 2.76. The van der Waals surface area contributed by atoms with Gasteiger partial charge in [-0.25, -0.2) is 0 Å². The first-order valence-corrected chi connectivity index (χ1v) is 8.22. The van der Waals surface area contributed by atoms with Crippen molar-refractivity contribution in [1.29, 1.82) is 0 Å². The number of nitrogens with zero attached hydrogens (tertiary/aromatic N) is 2. The molecule has 2 rings (SSSR count). The van der Waals surface area contributed by atoms with Gasteiger partial charge in [-0.15, -0.1) is 0 Å². The van der Waals surface area contributed by atoms with E-state index in [0.717, 1.165) is 22.6 Å². The van der Waals surface area contributed by atoms with Gasteiger partial charge in [0.2, 0.25) is 5.91 Å². The first-order valence-electron chi connectivity index (χ1n) is 6.93. The third-order valence-corrected chi connectivity index (χ3v) is 4.27. The molecule has 1 heterocycles. The van der Waals surface area contributed by atoms with Crippen LogP contribution in [0.25, 0.3) is 0 Å². The first-order chi connectivity index (χ1) is 9.99. The van der Waals surface area contributed by atoms with Crippen LogP contribution in [0.2, 0.25) is 0 Å². The molecule has 21 heavy (non-hydrogen) atoms. The molecule has 0 fully saturated rings. The van der Waals surface area contributed by atoms with Gasteiger partial charge in [-0.3, -0.25) is 9.48 Å². The van der Waals surface area contributed by atoms with E-state index in [1.807, 2.05) is 56.0 Å². The number of hydrogen-bond donors (Lipinski definition) is 1. The standard InChI is InChI=1S/C16H21N3OS/c1-11-8-12(2)19(18-11)10-14-6-5-7-15(9-14)17-16(20)13(3)21-4/h5-9,13H,10H2,1-4H3,(H,17,20). The maximum atomic E-state index is 11.9. The monoisotopic (exact) mass is 303 g/mol. The van der Waals surface area contributed by atoms with Crippen LogP contribution in [-0.4, -0.2) is 27.2 Å². The van der Waals surface area contributed by atoms with Gasteiger partial charge in [-0.1, -0.05) is 12.1 Å². The van der Waals surface area contributed by atoms with Gasteiger partial charge < -0.3 is 5.32 Å². The van der Waals surface area contributed by atoms with Crippen LogP contribution in [0.5, 0.6) is 0 Å². The van der Waals surface area contributed by atoms with E-state index in [1.54, 1.807) is 0 Å². The molecule has 2 aromatic rings. The molecule has 0 saturated heterocycles. The van der Waals surface area contributed by atoms with Gasteiger partial charge >= 0.3 is 0 Å². The summed E-state index contributed by atoms with van der Waals surface area (Å²) in [5.41, 5.74) is 4.11. The summed E-state index contributed by atoms with van der Waals surface area (Å²) in [4.78, 5) is 11.9. The summed E-state index contributed by atoms with van der Waals surface area (Å²) in [5, 5.41) is 7.36. The fourth-order valence-electron chi connectivity index (χ4n) is 2.11. The van der Waals surface area contributed by atoms with E-state index in [2.05, 4.69) is 16.5 Å². The molecule has 4 nitrogen and oxygen atoms in total. The van der Waals surface area contributed by atoms with Crippen LogP contribution in [0, 0.1) is 13.8 Å². The zero-order chi connectivity index (χ0) is 15.4. The highest BCUT2D eigenvalue weighted by Gasteiger charge is 2.11. The molecule has 1 atom stereocenters. The molecule has 112 valence electrons. The summed E-state index contributed by atoms with van der Waals surface area (Å²) in [6.45, 7) is 6.65. The van der Waals surface area contributed by atoms with Crippen molar-refractivity contribution in [3.05, 3.63) is 47.3 Å². The Hall–Kier alpha value is -1.75. The smallest absolute Gasteiger partial charge is 0.237 e. The molecular formula is C16H21N3OS. The molecule has 0 spiro atoms. The number of carbonyl (C=O) groups is 1. The van der Waals surface area contributed by atoms with E-state index in [4.69, 9.17) is 0 Å². The number of hydrogen-bond acceptors (Lipinski definition) is 3. The highest BCUT2D eigenvalue weighted by molar-refractivity contribution is 7.99. The predicted molar refractivity (Wildman–Crippen MR) is 88.9 cm³/mol. The molecule has 1 aromatic heterocycles. The quantitative estimate of drug-likeness (QED) is 0.922. The third-order valence-electron chi connectivity index (χ3n) is 3.35. The number of amides is 1. The molecule has 1 unspecified atom stereocenters. The van der Waals surface area contributed by atoms with Crippen LogP contribution in [0.1, 0.15) is 23.9 Å². The number of anilines is 1. The Balaban J connectivity index is 2.11. The Morgan fingerprint density at radius 3 is 2.76 bits per heavy atom. The maximum absolute atomic E-state index is 11.9. The molecule has 1 aromatic carbocycles. The van der Waals surface area contributed by atoms with E-state index in [9.17, 15) is 4.79 Å². The van der Waals surface area contributed by atoms with Crippen LogP contribution in [0.3, 0.4) is 0 Å². The van der Waals surface area contributed by atoms with Crippen molar-refractivity contribution in [2.75, 3.05) is 11.6 Å². The van der Waals surface area contributed by atoms with Gasteiger partial charge in [0.25, 0.3) is 0 Å². The minimum Gasteiger partial charge on any atom is -0.325 e. The summed E-state index contributed by atoms with van der Waals surface area (Å²) < 4.78 is 1.97. The zero-order valence-electron chi connectivity index (χ0n) is 12.9. The van der Waals surface area contributed by atoms with E-state index in [-0.39, 0.29) is 11.2 Å². The Bertz CT molecular complexity index is 636. The normalized spacial score (nSPS) is 12.2. The predicted octanol–water partition coefficient (Wildman–Crippen LogP) is 3.24. The first kappa shape index (κ1) is 15.6. The van der Waals surface area contributed by atoms with Crippen molar-refractivity contribution in [2.24, 2.45) is 0 Å². The van der Waals surface area contributed by atoms with E-state index < -0.39 is 0 Å². The van der Waals surface area contributed by atoms with Crippen LogP contribution in [0.4, 0.5) is 5.69 Å². The van der Waals surface area contributed by atoms with Crippen molar-refractivity contribution in [3.63, 3.8) is 0 Å². The van der Waals surface area contributed by atoms with Gasteiger partial charge in [0.15, 0.2) is 0 Å². The van der Waals surface area contributed by atoms with Gasteiger partial charge in [0, 0.05) is 11.4 Å². The molecule has 0 radical (unpaired) electrons. The largest absolute Gasteiger partial charge is 0.325 e. The van der Waals surface area contributed by atoms with Gasteiger partial charge in [-0.05, 0) is 50.8 Å². The molecule has 1 N–H and O–H groups in total. The lowest BCUT2D eigenvalue weighted by atomic mass is 10.2. The number of aromatic nitrogens is 2. The second-order valence-electron chi connectivity index (χ2n) is 5.15. The molecule has 5 heteroatoms. The number of carbonyl (C=O) groups excluding carboxylic acids is 1. The van der Waals surface area contributed by atoms with Crippen molar-refractivity contribution in [1.82, 2.24) is 9.78 Å². The Morgan fingerprint density at radius 1 is 1.38 bits per heavy atom. The van der Waals surface area contributed by atoms with Gasteiger partial charge in [0.05, 0.1) is 17.5 Å². The van der Waals surface area contributed by atoms with E-state index >= 15 is 0 Å². The Morgan fingerprint density at radius 2 is 2.14 bits per heavy atom. The zero-order valence-corrected chi connectivity index (χ0v) is 13.7. The van der Waals surface area contributed by atoms with Crippen LogP contribution < -0.4 is 5.32 Å². The second-order valence-corrected chi connectivity index (χ2v) is 6.33. The Kier molecular flexibility index (Phi) is 5.07. The lowest BCUT2D eigenvalue weighted by molar-refractivity contribution is -0.115. The van der Waals surface area contributed by atoms with Gasteiger partial charge in [0.1, 0.15) is 0 Å². The number of nitrogens with one attached hydrogen (secondary N) is 1. The van der Waals surface area contributed by atoms with Crippen LogP contribution in [0.15, 0.2) is 30.3 Å². The highest BCUT2D eigenvalue weighted by Crippen LogP contribution is 2.15. The molecular weight excluding hydrogens is 282 g/mol. The fourth-order valence-corrected chi connectivity index (χ4v) is 2.38. The average molecular weight is 303 g/mol. The number of aryl methyl sites for hydroxylation is 2. The summed E-state index contributed by atoms with van der Waals surface area (Å²) in [5.74, 6) is 0.0331. The maximum Gasteiger partial charge on any atom is 0.237 e. The molecule has 1 amide bonds. The molecule has 0 saturated carbocycles. The minimum atomic E-state index is -0.0512. The van der Waals surface area contributed by atoms with E-state index in [0.29, 0.717) is 6.54 Å². The van der Waals surface area contributed by atoms with E-state index in [1.165, 1.54) is 11.8 Å². The number of rotatable bonds is 5. The van der Waals surface area contributed by atoms with Gasteiger partial charge in [-0.2, -0.15) is 16.9 Å². The SMILES string of the molecule is CSC(C)C(=O)Nc1cccc(Cn2nc(C)cc2C)c1. The second kappa shape index (κ2) is 6.80. The van der Waals surface area contributed by atoms with Crippen molar-refractivity contribution < 1.29 is 4.79 Å². The molecule has 0 aliphatic carbocycles. The molecule has 0 bridgehead atoms. The number of benzene rings is 1. The van der Waals surface area contributed by atoms with Crippen molar-refractivity contribution in [2.45, 2.75) is 32.6 Å². The van der Waals surface area contributed by atoms with Crippen molar-refractivity contribution in [3.8, 4) is 0 Å². The summed E-state index contributed by atoms with van der Waals surface area (Å²) in [6.07, 6.45) is 1.93. The minimum absolute atomic E-state index is 0.0331. The summed E-state index contributed by atoms with van der Waals surface area (Å²) >= 11 is 1.54. The highest BCUT2D eigenvalue weighted by atomic mass is 32.2. The lowest BCUT2D eigenvalue weighted by Crippen LogP contribution is -2.22. The van der Waals surface area contributed by atoms with Crippen LogP contribution in [-0.2, 0) is 11.3 Å². The van der Waals surface area contributed by atoms with Crippen LogP contribution >= 0.6 is 11.8 Å². The lowest BCUT2D eigenvalue weighted by Gasteiger charge is -2.11. The number of thioether (sulfide) groups is 1. The topological polar surface area (TPSA) is 46.9 Å². The molecule has 0 aliphatic heterocycles. The van der Waals surface area contributed by atoms with Crippen molar-refractivity contribution >= 4 is 23.4 Å². The molecule has 0 aliphatic rings.